The number of carbonyl (C=O) groups is 1. The first-order valence-corrected chi connectivity index (χ1v) is 9.88. The van der Waals surface area contributed by atoms with Crippen molar-refractivity contribution in [2.24, 2.45) is 0 Å². The molecule has 0 aliphatic carbocycles. The quantitative estimate of drug-likeness (QED) is 0.448. The number of hydrogen-bond acceptors (Lipinski definition) is 5. The summed E-state index contributed by atoms with van der Waals surface area (Å²) in [6.07, 6.45) is 5.19. The molecule has 4 N–H and O–H groups in total. The van der Waals surface area contributed by atoms with Crippen LogP contribution in [0.3, 0.4) is 0 Å². The van der Waals surface area contributed by atoms with Crippen molar-refractivity contribution in [3.63, 3.8) is 0 Å². The molecule has 0 radical (unpaired) electrons. The van der Waals surface area contributed by atoms with Crippen LogP contribution in [0.4, 0.5) is 5.82 Å². The number of hydrogen-bond donors (Lipinski definition) is 3. The highest BCUT2D eigenvalue weighted by atomic mass is 16.3. The van der Waals surface area contributed by atoms with Gasteiger partial charge >= 0.3 is 0 Å². The second-order valence-corrected chi connectivity index (χ2v) is 7.09. The van der Waals surface area contributed by atoms with Gasteiger partial charge in [0.05, 0.1) is 12.6 Å². The van der Waals surface area contributed by atoms with Gasteiger partial charge in [-0.3, -0.25) is 9.78 Å². The van der Waals surface area contributed by atoms with E-state index in [1.807, 2.05) is 60.7 Å². The lowest BCUT2D eigenvalue weighted by Crippen LogP contribution is -2.30. The number of carbonyl (C=O) groups excluding carboxylic acids is 1. The highest BCUT2D eigenvalue weighted by Gasteiger charge is 2.15. The number of nitrogens with zero attached hydrogens (tertiary/aromatic N) is 2. The molecule has 4 aromatic rings. The lowest BCUT2D eigenvalue weighted by atomic mass is 10.0. The molecular weight excluding hydrogens is 388 g/mol. The van der Waals surface area contributed by atoms with E-state index in [2.05, 4.69) is 15.3 Å². The average molecular weight is 410 g/mol. The molecule has 2 aromatic carbocycles. The summed E-state index contributed by atoms with van der Waals surface area (Å²) >= 11 is 0. The summed E-state index contributed by atoms with van der Waals surface area (Å²) in [5.74, 6) is 0.158. The number of amides is 1. The van der Waals surface area contributed by atoms with Crippen molar-refractivity contribution in [1.29, 1.82) is 0 Å². The second kappa shape index (κ2) is 9.19. The molecule has 2 aromatic heterocycles. The predicted octanol–water partition coefficient (Wildman–Crippen LogP) is 3.86. The van der Waals surface area contributed by atoms with E-state index in [9.17, 15) is 9.90 Å². The Kier molecular flexibility index (Phi) is 6.01. The van der Waals surface area contributed by atoms with Crippen molar-refractivity contribution in [2.45, 2.75) is 6.04 Å². The number of aliphatic hydroxyl groups is 1. The normalized spacial score (nSPS) is 11.6. The molecule has 6 nitrogen and oxygen atoms in total. The van der Waals surface area contributed by atoms with Crippen molar-refractivity contribution in [2.75, 3.05) is 12.3 Å². The zero-order valence-corrected chi connectivity index (χ0v) is 16.8. The molecule has 154 valence electrons. The number of nitrogens with one attached hydrogen (secondary N) is 1. The number of aliphatic hydroxyl groups excluding tert-OH is 1. The molecule has 1 amide bonds. The number of nitrogens with two attached hydrogens (primary N) is 1. The smallest absolute Gasteiger partial charge is 0.251 e. The predicted molar refractivity (Wildman–Crippen MR) is 121 cm³/mol. The van der Waals surface area contributed by atoms with Crippen LogP contribution in [0.5, 0.6) is 0 Å². The van der Waals surface area contributed by atoms with Gasteiger partial charge in [-0.15, -0.1) is 0 Å². The molecule has 1 atom stereocenters. The van der Waals surface area contributed by atoms with E-state index in [1.165, 1.54) is 0 Å². The first kappa shape index (κ1) is 20.3. The van der Waals surface area contributed by atoms with E-state index >= 15 is 0 Å². The lowest BCUT2D eigenvalue weighted by Gasteiger charge is -2.17. The number of nitrogen functional groups attached to an aromatic ring is 1. The minimum atomic E-state index is -0.467. The topological polar surface area (TPSA) is 101 Å². The van der Waals surface area contributed by atoms with Crippen molar-refractivity contribution in [3.05, 3.63) is 103 Å². The Morgan fingerprint density at radius 1 is 0.935 bits per heavy atom. The maximum Gasteiger partial charge on any atom is 0.251 e. The maximum absolute atomic E-state index is 12.7. The first-order valence-electron chi connectivity index (χ1n) is 9.88. The van der Waals surface area contributed by atoms with Gasteiger partial charge in [0.2, 0.25) is 0 Å². The summed E-state index contributed by atoms with van der Waals surface area (Å²) in [4.78, 5) is 21.0. The number of rotatable bonds is 6. The molecule has 6 heteroatoms. The van der Waals surface area contributed by atoms with Crippen molar-refractivity contribution in [1.82, 2.24) is 15.3 Å². The third-order valence-electron chi connectivity index (χ3n) is 5.08. The molecule has 0 saturated heterocycles. The Balaban J connectivity index is 1.55. The van der Waals surface area contributed by atoms with E-state index in [-0.39, 0.29) is 12.5 Å². The third-order valence-corrected chi connectivity index (χ3v) is 5.08. The van der Waals surface area contributed by atoms with Crippen LogP contribution in [0.25, 0.3) is 22.3 Å². The van der Waals surface area contributed by atoms with Gasteiger partial charge in [0.1, 0.15) is 5.82 Å². The zero-order valence-electron chi connectivity index (χ0n) is 16.8. The fraction of sp³-hybridized carbons (Fsp3) is 0.0800. The summed E-state index contributed by atoms with van der Waals surface area (Å²) in [5.41, 5.74) is 11.0. The SMILES string of the molecule is Nc1ncc(-c2ccncc2)cc1-c1ccc(C(=O)NC(CO)c2ccccc2)cc1. The summed E-state index contributed by atoms with van der Waals surface area (Å²) in [6.45, 7) is -0.183. The Bertz CT molecular complexity index is 1160. The van der Waals surface area contributed by atoms with E-state index in [4.69, 9.17) is 5.73 Å². The van der Waals surface area contributed by atoms with Gasteiger partial charge in [-0.1, -0.05) is 42.5 Å². The Labute approximate surface area is 180 Å². The van der Waals surface area contributed by atoms with Crippen LogP contribution in [0, 0.1) is 0 Å². The van der Waals surface area contributed by atoms with E-state index in [1.54, 1.807) is 30.7 Å². The highest BCUT2D eigenvalue weighted by molar-refractivity contribution is 5.95. The largest absolute Gasteiger partial charge is 0.394 e. The second-order valence-electron chi connectivity index (χ2n) is 7.09. The number of pyridine rings is 2. The minimum absolute atomic E-state index is 0.183. The van der Waals surface area contributed by atoms with Crippen LogP contribution >= 0.6 is 0 Å². The van der Waals surface area contributed by atoms with Crippen LogP contribution in [0.15, 0.2) is 91.4 Å². The van der Waals surface area contributed by atoms with E-state index in [0.29, 0.717) is 11.4 Å². The van der Waals surface area contributed by atoms with Crippen LogP contribution < -0.4 is 11.1 Å². The monoisotopic (exact) mass is 410 g/mol. The number of aromatic nitrogens is 2. The molecule has 0 saturated carbocycles. The molecule has 1 unspecified atom stereocenters. The summed E-state index contributed by atoms with van der Waals surface area (Å²) < 4.78 is 0. The van der Waals surface area contributed by atoms with Gasteiger partial charge in [-0.2, -0.15) is 0 Å². The number of benzene rings is 2. The average Bonchev–Trinajstić information content (AvgIpc) is 2.84. The summed E-state index contributed by atoms with van der Waals surface area (Å²) in [7, 11) is 0. The zero-order chi connectivity index (χ0) is 21.6. The van der Waals surface area contributed by atoms with Crippen molar-refractivity contribution < 1.29 is 9.90 Å². The third kappa shape index (κ3) is 4.60. The van der Waals surface area contributed by atoms with Gasteiger partial charge in [-0.05, 0) is 47.0 Å². The molecular formula is C25H22N4O2. The molecule has 0 bridgehead atoms. The Morgan fingerprint density at radius 3 is 2.32 bits per heavy atom. The molecule has 4 rings (SSSR count). The standard InChI is InChI=1S/C25H22N4O2/c26-24-22(14-21(15-28-24)17-10-12-27-13-11-17)18-6-8-20(9-7-18)25(31)29-23(16-30)19-4-2-1-3-5-19/h1-15,23,30H,16H2,(H2,26,28)(H,29,31). The molecule has 0 aliphatic heterocycles. The van der Waals surface area contributed by atoms with Gasteiger partial charge in [0.15, 0.2) is 0 Å². The van der Waals surface area contributed by atoms with Gasteiger partial charge in [0.25, 0.3) is 5.91 Å². The molecule has 0 spiro atoms. The van der Waals surface area contributed by atoms with Gasteiger partial charge < -0.3 is 16.2 Å². The minimum Gasteiger partial charge on any atom is -0.394 e. The Morgan fingerprint density at radius 2 is 1.65 bits per heavy atom. The summed E-state index contributed by atoms with van der Waals surface area (Å²) in [6, 6.07) is 21.9. The number of anilines is 1. The van der Waals surface area contributed by atoms with Crippen LogP contribution in [0.2, 0.25) is 0 Å². The maximum atomic E-state index is 12.7. The molecule has 2 heterocycles. The van der Waals surface area contributed by atoms with E-state index in [0.717, 1.165) is 27.8 Å². The lowest BCUT2D eigenvalue weighted by molar-refractivity contribution is 0.0916. The van der Waals surface area contributed by atoms with Crippen LogP contribution in [-0.2, 0) is 0 Å². The van der Waals surface area contributed by atoms with Crippen molar-refractivity contribution in [3.8, 4) is 22.3 Å². The molecule has 31 heavy (non-hydrogen) atoms. The first-order chi connectivity index (χ1) is 15.2. The van der Waals surface area contributed by atoms with Gasteiger partial charge in [0, 0.05) is 35.3 Å². The Hall–Kier alpha value is -4.03. The fourth-order valence-corrected chi connectivity index (χ4v) is 3.37. The van der Waals surface area contributed by atoms with Crippen molar-refractivity contribution >= 4 is 11.7 Å². The van der Waals surface area contributed by atoms with Crippen LogP contribution in [-0.4, -0.2) is 27.6 Å². The highest BCUT2D eigenvalue weighted by Crippen LogP contribution is 2.29. The molecule has 0 fully saturated rings. The fourth-order valence-electron chi connectivity index (χ4n) is 3.37. The van der Waals surface area contributed by atoms with Crippen LogP contribution in [0.1, 0.15) is 22.0 Å². The van der Waals surface area contributed by atoms with Gasteiger partial charge in [-0.25, -0.2) is 4.98 Å². The summed E-state index contributed by atoms with van der Waals surface area (Å²) in [5, 5.41) is 12.5. The van der Waals surface area contributed by atoms with E-state index < -0.39 is 6.04 Å². The molecule has 0 aliphatic rings.